The summed E-state index contributed by atoms with van der Waals surface area (Å²) in [6.07, 6.45) is 2.55. The molecule has 0 saturated carbocycles. The van der Waals surface area contributed by atoms with Gasteiger partial charge in [0.15, 0.2) is 0 Å². The molecule has 0 amide bonds. The van der Waals surface area contributed by atoms with Crippen molar-refractivity contribution in [1.82, 2.24) is 19.7 Å². The van der Waals surface area contributed by atoms with Gasteiger partial charge >= 0.3 is 5.97 Å². The second kappa shape index (κ2) is 4.65. The highest BCUT2D eigenvalue weighted by Crippen LogP contribution is 2.34. The zero-order chi connectivity index (χ0) is 13.3. The number of carbonyl (C=O) groups is 1. The van der Waals surface area contributed by atoms with Gasteiger partial charge in [0.25, 0.3) is 0 Å². The molecule has 1 aromatic rings. The number of rotatable bonds is 4. The lowest BCUT2D eigenvalue weighted by molar-refractivity contribution is -0.138. The molecule has 0 bridgehead atoms. The van der Waals surface area contributed by atoms with Gasteiger partial charge in [0.1, 0.15) is 0 Å². The van der Waals surface area contributed by atoms with Gasteiger partial charge in [-0.25, -0.2) is 12.7 Å². The van der Waals surface area contributed by atoms with Gasteiger partial charge in [-0.3, -0.25) is 4.79 Å². The molecule has 0 aromatic carbocycles. The van der Waals surface area contributed by atoms with Gasteiger partial charge in [0.05, 0.1) is 24.6 Å². The molecular formula is C9H14N4O4S. The predicted molar refractivity (Wildman–Crippen MR) is 61.3 cm³/mol. The molecule has 2 N–H and O–H groups in total. The second-order valence-corrected chi connectivity index (χ2v) is 6.42. The van der Waals surface area contributed by atoms with E-state index in [9.17, 15) is 13.2 Å². The monoisotopic (exact) mass is 274 g/mol. The molecule has 2 rings (SSSR count). The Hall–Kier alpha value is -1.48. The summed E-state index contributed by atoms with van der Waals surface area (Å²) < 4.78 is 24.3. The summed E-state index contributed by atoms with van der Waals surface area (Å²) >= 11 is 0. The zero-order valence-corrected chi connectivity index (χ0v) is 10.6. The molecule has 1 aliphatic rings. The standard InChI is InChI=1S/C9H14N4O4S/c1-18(16,17)13-4-6(2-9(14)15)7(5-13)8-3-10-12-11-8/h3,6-7H,2,4-5H2,1H3,(H,14,15)(H,10,11,12)/t6-,7+/m1/s1. The summed E-state index contributed by atoms with van der Waals surface area (Å²) in [6, 6.07) is 0. The maximum absolute atomic E-state index is 11.5. The first-order chi connectivity index (χ1) is 8.38. The number of nitrogens with one attached hydrogen (secondary N) is 1. The fourth-order valence-corrected chi connectivity index (χ4v) is 3.15. The molecule has 0 spiro atoms. The number of hydrogen-bond donors (Lipinski definition) is 2. The van der Waals surface area contributed by atoms with Crippen LogP contribution in [0.5, 0.6) is 0 Å². The van der Waals surface area contributed by atoms with Crippen LogP contribution in [0.1, 0.15) is 18.0 Å². The number of H-pyrrole nitrogens is 1. The Bertz CT molecular complexity index is 527. The van der Waals surface area contributed by atoms with E-state index < -0.39 is 16.0 Å². The number of nitrogens with zero attached hydrogens (tertiary/aromatic N) is 3. The van der Waals surface area contributed by atoms with Crippen LogP contribution in [-0.2, 0) is 14.8 Å². The molecule has 1 aliphatic heterocycles. The maximum Gasteiger partial charge on any atom is 0.303 e. The van der Waals surface area contributed by atoms with Gasteiger partial charge in [-0.15, -0.1) is 0 Å². The van der Waals surface area contributed by atoms with E-state index in [0.29, 0.717) is 5.69 Å². The average Bonchev–Trinajstić information content (AvgIpc) is 2.81. The van der Waals surface area contributed by atoms with Gasteiger partial charge in [-0.2, -0.15) is 15.4 Å². The maximum atomic E-state index is 11.5. The zero-order valence-electron chi connectivity index (χ0n) is 9.78. The largest absolute Gasteiger partial charge is 0.481 e. The minimum absolute atomic E-state index is 0.0798. The van der Waals surface area contributed by atoms with Crippen LogP contribution in [0.25, 0.3) is 0 Å². The highest BCUT2D eigenvalue weighted by molar-refractivity contribution is 7.88. The number of carboxylic acid groups (broad SMARTS) is 1. The molecule has 2 heterocycles. The van der Waals surface area contributed by atoms with E-state index in [4.69, 9.17) is 5.11 Å². The molecule has 0 unspecified atom stereocenters. The molecule has 0 aliphatic carbocycles. The summed E-state index contributed by atoms with van der Waals surface area (Å²) in [7, 11) is -3.31. The molecule has 8 nitrogen and oxygen atoms in total. The molecular weight excluding hydrogens is 260 g/mol. The van der Waals surface area contributed by atoms with Crippen molar-refractivity contribution in [2.45, 2.75) is 12.3 Å². The smallest absolute Gasteiger partial charge is 0.303 e. The summed E-state index contributed by atoms with van der Waals surface area (Å²) in [6.45, 7) is 0.464. The molecule has 1 saturated heterocycles. The minimum atomic E-state index is -3.31. The first-order valence-electron chi connectivity index (χ1n) is 5.40. The van der Waals surface area contributed by atoms with Crippen LogP contribution >= 0.6 is 0 Å². The van der Waals surface area contributed by atoms with Crippen molar-refractivity contribution in [1.29, 1.82) is 0 Å². The molecule has 1 aromatic heterocycles. The third-order valence-electron chi connectivity index (χ3n) is 3.13. The van der Waals surface area contributed by atoms with Crippen LogP contribution in [0.4, 0.5) is 0 Å². The summed E-state index contributed by atoms with van der Waals surface area (Å²) in [4.78, 5) is 10.8. The van der Waals surface area contributed by atoms with Crippen molar-refractivity contribution in [2.75, 3.05) is 19.3 Å². The van der Waals surface area contributed by atoms with Gasteiger partial charge < -0.3 is 5.11 Å². The van der Waals surface area contributed by atoms with Crippen LogP contribution < -0.4 is 0 Å². The van der Waals surface area contributed by atoms with E-state index in [0.717, 1.165) is 6.26 Å². The topological polar surface area (TPSA) is 116 Å². The Balaban J connectivity index is 2.23. The number of carboxylic acids is 1. The predicted octanol–water partition coefficient (Wildman–Crippen LogP) is -0.746. The third kappa shape index (κ3) is 2.67. The average molecular weight is 274 g/mol. The highest BCUT2D eigenvalue weighted by Gasteiger charge is 2.39. The Kier molecular flexibility index (Phi) is 3.35. The van der Waals surface area contributed by atoms with E-state index >= 15 is 0 Å². The Morgan fingerprint density at radius 1 is 1.61 bits per heavy atom. The van der Waals surface area contributed by atoms with E-state index in [1.807, 2.05) is 0 Å². The van der Waals surface area contributed by atoms with Gasteiger partial charge in [0.2, 0.25) is 10.0 Å². The first kappa shape index (κ1) is 13.0. The first-order valence-corrected chi connectivity index (χ1v) is 7.25. The summed E-state index contributed by atoms with van der Waals surface area (Å²) in [5, 5.41) is 18.9. The van der Waals surface area contributed by atoms with Crippen molar-refractivity contribution in [3.8, 4) is 0 Å². The van der Waals surface area contributed by atoms with Crippen molar-refractivity contribution in [3.63, 3.8) is 0 Å². The number of aliphatic carboxylic acids is 1. The summed E-state index contributed by atoms with van der Waals surface area (Å²) in [5.74, 6) is -1.44. The van der Waals surface area contributed by atoms with Crippen molar-refractivity contribution >= 4 is 16.0 Å². The molecule has 100 valence electrons. The van der Waals surface area contributed by atoms with Crippen LogP contribution in [0.2, 0.25) is 0 Å². The third-order valence-corrected chi connectivity index (χ3v) is 4.36. The highest BCUT2D eigenvalue weighted by atomic mass is 32.2. The van der Waals surface area contributed by atoms with E-state index in [1.165, 1.54) is 10.5 Å². The quantitative estimate of drug-likeness (QED) is 0.746. The van der Waals surface area contributed by atoms with Crippen LogP contribution in [0.15, 0.2) is 6.20 Å². The molecule has 1 fully saturated rings. The van der Waals surface area contributed by atoms with Crippen LogP contribution in [0.3, 0.4) is 0 Å². The van der Waals surface area contributed by atoms with E-state index in [2.05, 4.69) is 15.4 Å². The fraction of sp³-hybridized carbons (Fsp3) is 0.667. The Labute approximate surface area is 104 Å². The van der Waals surface area contributed by atoms with Gasteiger partial charge in [-0.1, -0.05) is 0 Å². The van der Waals surface area contributed by atoms with Crippen LogP contribution in [0, 0.1) is 5.92 Å². The molecule has 9 heteroatoms. The van der Waals surface area contributed by atoms with Gasteiger partial charge in [-0.05, 0) is 5.92 Å². The van der Waals surface area contributed by atoms with E-state index in [-0.39, 0.29) is 31.3 Å². The summed E-state index contributed by atoms with van der Waals surface area (Å²) in [5.41, 5.74) is 0.604. The molecule has 0 radical (unpaired) electrons. The van der Waals surface area contributed by atoms with Crippen LogP contribution in [-0.4, -0.2) is 58.6 Å². The lowest BCUT2D eigenvalue weighted by atomic mass is 9.91. The Morgan fingerprint density at radius 2 is 2.33 bits per heavy atom. The molecule has 18 heavy (non-hydrogen) atoms. The number of sulfonamides is 1. The lowest BCUT2D eigenvalue weighted by Crippen LogP contribution is -2.27. The normalized spacial score (nSPS) is 25.4. The number of hydrogen-bond acceptors (Lipinski definition) is 5. The fourth-order valence-electron chi connectivity index (χ4n) is 2.26. The lowest BCUT2D eigenvalue weighted by Gasteiger charge is -2.12. The van der Waals surface area contributed by atoms with Gasteiger partial charge in [0, 0.05) is 19.0 Å². The van der Waals surface area contributed by atoms with E-state index in [1.54, 1.807) is 0 Å². The molecule has 2 atom stereocenters. The number of aromatic amines is 1. The number of aromatic nitrogens is 3. The second-order valence-electron chi connectivity index (χ2n) is 4.44. The Morgan fingerprint density at radius 3 is 2.83 bits per heavy atom. The van der Waals surface area contributed by atoms with Crippen molar-refractivity contribution in [3.05, 3.63) is 11.9 Å². The minimum Gasteiger partial charge on any atom is -0.481 e. The SMILES string of the molecule is CS(=O)(=O)N1C[C@@H](CC(=O)O)[C@@H](c2cn[nH]n2)C1. The van der Waals surface area contributed by atoms with Crippen molar-refractivity contribution < 1.29 is 18.3 Å². The van der Waals surface area contributed by atoms with Crippen molar-refractivity contribution in [2.24, 2.45) is 5.92 Å².